The second-order valence-corrected chi connectivity index (χ2v) is 11.9. The smallest absolute Gasteiger partial charge is 0.143 e. The van der Waals surface area contributed by atoms with Crippen molar-refractivity contribution in [3.8, 4) is 17.6 Å². The third-order valence-electron chi connectivity index (χ3n) is 7.27. The molecule has 1 fully saturated rings. The van der Waals surface area contributed by atoms with Crippen molar-refractivity contribution in [2.75, 3.05) is 46.4 Å². The van der Waals surface area contributed by atoms with E-state index in [0.717, 1.165) is 67.4 Å². The number of piperazine rings is 1. The average molecular weight is 554 g/mol. The Balaban J connectivity index is 1.11. The number of hydrogen-bond acceptors (Lipinski definition) is 7. The number of Topliss-reactive ketones (excluding diaryl/α,β-unsaturated/α-hetero) is 1. The molecular formula is C33H39N5O3. The molecule has 0 aliphatic carbocycles. The summed E-state index contributed by atoms with van der Waals surface area (Å²) < 4.78 is 13.3. The van der Waals surface area contributed by atoms with E-state index in [1.54, 1.807) is 0 Å². The molecule has 1 aliphatic rings. The van der Waals surface area contributed by atoms with E-state index in [0.29, 0.717) is 24.4 Å². The van der Waals surface area contributed by atoms with Gasteiger partial charge in [0.25, 0.3) is 0 Å². The summed E-state index contributed by atoms with van der Waals surface area (Å²) >= 11 is 0. The highest BCUT2D eigenvalue weighted by atomic mass is 16.5. The molecule has 3 aromatic heterocycles. The molecule has 214 valence electrons. The molecule has 1 aromatic carbocycles. The van der Waals surface area contributed by atoms with Crippen molar-refractivity contribution in [1.82, 2.24) is 24.3 Å². The van der Waals surface area contributed by atoms with Gasteiger partial charge >= 0.3 is 0 Å². The summed E-state index contributed by atoms with van der Waals surface area (Å²) in [5, 5.41) is 4.07. The van der Waals surface area contributed by atoms with Crippen molar-refractivity contribution in [3.05, 3.63) is 83.1 Å². The van der Waals surface area contributed by atoms with Crippen LogP contribution in [-0.4, -0.2) is 76.5 Å². The first-order valence-electron chi connectivity index (χ1n) is 14.3. The fourth-order valence-electron chi connectivity index (χ4n) is 4.76. The van der Waals surface area contributed by atoms with E-state index < -0.39 is 0 Å². The first-order chi connectivity index (χ1) is 19.7. The maximum Gasteiger partial charge on any atom is 0.143 e. The fraction of sp³-hybridized carbons (Fsp3) is 0.424. The SMILES string of the molecule is CN1CCN(CCCOc2ccc(C#Cc3cn4ccc(CC(=O)Cc5cc(C(C)(C)C)on5)cc4n3)cc2)CC1. The summed E-state index contributed by atoms with van der Waals surface area (Å²) in [4.78, 5) is 22.2. The molecule has 0 atom stereocenters. The lowest BCUT2D eigenvalue weighted by Gasteiger charge is -2.32. The molecule has 0 unspecified atom stereocenters. The fourth-order valence-corrected chi connectivity index (χ4v) is 4.76. The quantitative estimate of drug-likeness (QED) is 0.225. The average Bonchev–Trinajstić information content (AvgIpc) is 3.58. The number of imidazole rings is 1. The number of nitrogens with zero attached hydrogens (tertiary/aromatic N) is 5. The van der Waals surface area contributed by atoms with Gasteiger partial charge in [-0.2, -0.15) is 0 Å². The Labute approximate surface area is 242 Å². The summed E-state index contributed by atoms with van der Waals surface area (Å²) in [5.41, 5.74) is 3.78. The highest BCUT2D eigenvalue weighted by molar-refractivity contribution is 5.83. The van der Waals surface area contributed by atoms with Gasteiger partial charge in [-0.3, -0.25) is 4.79 Å². The van der Waals surface area contributed by atoms with Crippen LogP contribution in [0.1, 0.15) is 55.5 Å². The molecule has 0 amide bonds. The van der Waals surface area contributed by atoms with E-state index >= 15 is 0 Å². The molecule has 8 nitrogen and oxygen atoms in total. The zero-order chi connectivity index (χ0) is 28.8. The molecule has 5 rings (SSSR count). The normalized spacial score (nSPS) is 14.6. The van der Waals surface area contributed by atoms with Crippen LogP contribution in [0.15, 0.2) is 59.4 Å². The van der Waals surface area contributed by atoms with Gasteiger partial charge in [0.05, 0.1) is 18.7 Å². The van der Waals surface area contributed by atoms with Crippen LogP contribution in [0.2, 0.25) is 0 Å². The van der Waals surface area contributed by atoms with Gasteiger partial charge in [-0.25, -0.2) is 4.98 Å². The lowest BCUT2D eigenvalue weighted by Crippen LogP contribution is -2.44. The van der Waals surface area contributed by atoms with E-state index in [1.807, 2.05) is 59.3 Å². The second kappa shape index (κ2) is 12.7. The summed E-state index contributed by atoms with van der Waals surface area (Å²) in [7, 11) is 2.18. The van der Waals surface area contributed by atoms with Gasteiger partial charge in [0, 0.05) is 68.6 Å². The second-order valence-electron chi connectivity index (χ2n) is 11.9. The highest BCUT2D eigenvalue weighted by Gasteiger charge is 2.20. The van der Waals surface area contributed by atoms with Crippen molar-refractivity contribution in [2.45, 2.75) is 45.4 Å². The number of benzene rings is 1. The lowest BCUT2D eigenvalue weighted by molar-refractivity contribution is -0.117. The van der Waals surface area contributed by atoms with Crippen LogP contribution in [-0.2, 0) is 23.1 Å². The number of carbonyl (C=O) groups is 1. The van der Waals surface area contributed by atoms with E-state index in [1.165, 1.54) is 0 Å². The Morgan fingerprint density at radius 3 is 2.54 bits per heavy atom. The molecule has 0 spiro atoms. The molecular weight excluding hydrogens is 514 g/mol. The summed E-state index contributed by atoms with van der Waals surface area (Å²) in [6.45, 7) is 12.5. The Morgan fingerprint density at radius 1 is 1.02 bits per heavy atom. The molecule has 0 saturated carbocycles. The predicted octanol–water partition coefficient (Wildman–Crippen LogP) is 4.39. The first kappa shape index (κ1) is 28.6. The summed E-state index contributed by atoms with van der Waals surface area (Å²) in [6, 6.07) is 13.6. The topological polar surface area (TPSA) is 76.1 Å². The van der Waals surface area contributed by atoms with Gasteiger partial charge in [-0.05, 0) is 61.4 Å². The third kappa shape index (κ3) is 8.06. The Morgan fingerprint density at radius 2 is 1.80 bits per heavy atom. The Kier molecular flexibility index (Phi) is 8.87. The largest absolute Gasteiger partial charge is 0.494 e. The van der Waals surface area contributed by atoms with E-state index in [9.17, 15) is 4.79 Å². The van der Waals surface area contributed by atoms with Crippen molar-refractivity contribution < 1.29 is 14.1 Å². The molecule has 0 bridgehead atoms. The van der Waals surface area contributed by atoms with Crippen LogP contribution in [0.25, 0.3) is 5.65 Å². The Bertz CT molecular complexity index is 1530. The molecule has 1 aliphatic heterocycles. The van der Waals surface area contributed by atoms with Crippen LogP contribution >= 0.6 is 0 Å². The molecule has 41 heavy (non-hydrogen) atoms. The third-order valence-corrected chi connectivity index (χ3v) is 7.27. The maximum atomic E-state index is 12.7. The number of likely N-dealkylation sites (N-methyl/N-ethyl adjacent to an activating group) is 1. The van der Waals surface area contributed by atoms with Gasteiger partial charge in [0.15, 0.2) is 0 Å². The van der Waals surface area contributed by atoms with E-state index in [2.05, 4.69) is 59.6 Å². The standard InChI is InChI=1S/C33H39N5O3/c1-33(2,3)31-23-28(35-41-31)22-29(39)20-26-12-14-38-24-27(34-32(38)21-26)9-6-25-7-10-30(11-8-25)40-19-5-13-37-17-15-36(4)16-18-37/h7-8,10-12,14,21,23-24H,5,13,15-20,22H2,1-4H3. The monoisotopic (exact) mass is 553 g/mol. The Hall–Kier alpha value is -3.93. The van der Waals surface area contributed by atoms with Crippen molar-refractivity contribution in [2.24, 2.45) is 0 Å². The van der Waals surface area contributed by atoms with Crippen LogP contribution in [0.4, 0.5) is 0 Å². The number of carbonyl (C=O) groups excluding carboxylic acids is 1. The first-order valence-corrected chi connectivity index (χ1v) is 14.3. The predicted molar refractivity (Wildman–Crippen MR) is 159 cm³/mol. The number of fused-ring (bicyclic) bond motifs is 1. The van der Waals surface area contributed by atoms with Gasteiger partial charge in [0.2, 0.25) is 0 Å². The molecule has 4 aromatic rings. The van der Waals surface area contributed by atoms with Crippen LogP contribution in [0, 0.1) is 11.8 Å². The van der Waals surface area contributed by atoms with Crippen molar-refractivity contribution in [1.29, 1.82) is 0 Å². The highest BCUT2D eigenvalue weighted by Crippen LogP contribution is 2.23. The maximum absolute atomic E-state index is 12.7. The van der Waals surface area contributed by atoms with Crippen molar-refractivity contribution >= 4 is 11.4 Å². The van der Waals surface area contributed by atoms with Gasteiger partial charge in [-0.15, -0.1) is 0 Å². The zero-order valence-electron chi connectivity index (χ0n) is 24.5. The number of ether oxygens (including phenoxy) is 1. The zero-order valence-corrected chi connectivity index (χ0v) is 24.5. The molecule has 4 heterocycles. The van der Waals surface area contributed by atoms with Gasteiger partial charge in [-0.1, -0.05) is 31.8 Å². The minimum atomic E-state index is -0.136. The van der Waals surface area contributed by atoms with E-state index in [4.69, 9.17) is 9.26 Å². The van der Waals surface area contributed by atoms with E-state index in [-0.39, 0.29) is 17.6 Å². The number of hydrogen-bond donors (Lipinski definition) is 0. The minimum absolute atomic E-state index is 0.0807. The lowest BCUT2D eigenvalue weighted by atomic mass is 9.93. The van der Waals surface area contributed by atoms with Crippen molar-refractivity contribution in [3.63, 3.8) is 0 Å². The number of pyridine rings is 1. The van der Waals surface area contributed by atoms with Crippen LogP contribution in [0.3, 0.4) is 0 Å². The van der Waals surface area contributed by atoms with Crippen LogP contribution in [0.5, 0.6) is 5.75 Å². The van der Waals surface area contributed by atoms with Crippen LogP contribution < -0.4 is 4.74 Å². The number of aromatic nitrogens is 3. The summed E-state index contributed by atoms with van der Waals surface area (Å²) in [6.07, 6.45) is 5.40. The van der Waals surface area contributed by atoms with Gasteiger partial charge in [0.1, 0.15) is 28.6 Å². The molecule has 8 heteroatoms. The molecule has 1 saturated heterocycles. The number of rotatable bonds is 9. The number of ketones is 1. The molecule has 0 radical (unpaired) electrons. The van der Waals surface area contributed by atoms with Gasteiger partial charge < -0.3 is 23.5 Å². The minimum Gasteiger partial charge on any atom is -0.494 e. The molecule has 0 N–H and O–H groups in total. The summed E-state index contributed by atoms with van der Waals surface area (Å²) in [5.74, 6) is 8.06.